The maximum absolute atomic E-state index is 13.5. The van der Waals surface area contributed by atoms with Gasteiger partial charge < -0.3 is 10.2 Å². The van der Waals surface area contributed by atoms with Crippen LogP contribution in [0.3, 0.4) is 0 Å². The van der Waals surface area contributed by atoms with Gasteiger partial charge >= 0.3 is 0 Å². The molecule has 0 aromatic heterocycles. The number of hydrogen-bond acceptors (Lipinski definition) is 4. The molecule has 152 valence electrons. The van der Waals surface area contributed by atoms with E-state index in [9.17, 15) is 4.79 Å². The number of allylic oxidation sites excluding steroid dienone is 1. The number of hydrogen-bond donors (Lipinski definition) is 1. The van der Waals surface area contributed by atoms with Gasteiger partial charge in [0.2, 0.25) is 0 Å². The number of aliphatic imine (C=N–C) groups is 1. The molecule has 5 rings (SSSR count). The number of rotatable bonds is 4. The average Bonchev–Trinajstić information content (AvgIpc) is 3.23. The monoisotopic (exact) mass is 423 g/mol. The van der Waals surface area contributed by atoms with Gasteiger partial charge in [-0.05, 0) is 30.2 Å². The van der Waals surface area contributed by atoms with E-state index in [1.165, 1.54) is 0 Å². The number of amides is 1. The van der Waals surface area contributed by atoms with E-state index in [-0.39, 0.29) is 11.9 Å². The number of para-hydroxylation sites is 1. The number of fused-ring (bicyclic) bond motifs is 1. The Labute approximate surface area is 186 Å². The fourth-order valence-electron chi connectivity index (χ4n) is 3.96. The Morgan fingerprint density at radius 3 is 2.19 bits per heavy atom. The molecule has 4 nitrogen and oxygen atoms in total. The van der Waals surface area contributed by atoms with Crippen LogP contribution >= 0.6 is 11.8 Å². The van der Waals surface area contributed by atoms with Crippen LogP contribution in [0.5, 0.6) is 0 Å². The molecule has 0 unspecified atom stereocenters. The van der Waals surface area contributed by atoms with E-state index in [4.69, 9.17) is 4.99 Å². The zero-order chi connectivity index (χ0) is 21.2. The highest BCUT2D eigenvalue weighted by Crippen LogP contribution is 2.46. The first kappa shape index (κ1) is 19.4. The summed E-state index contributed by atoms with van der Waals surface area (Å²) in [6, 6.07) is 29.7. The lowest BCUT2D eigenvalue weighted by Crippen LogP contribution is -2.37. The summed E-state index contributed by atoms with van der Waals surface area (Å²) in [5.41, 5.74) is 5.37. The van der Waals surface area contributed by atoms with Gasteiger partial charge in [-0.1, -0.05) is 90.6 Å². The van der Waals surface area contributed by atoms with Gasteiger partial charge in [-0.3, -0.25) is 4.79 Å². The first-order valence-electron chi connectivity index (χ1n) is 10.1. The highest BCUT2D eigenvalue weighted by atomic mass is 32.2. The van der Waals surface area contributed by atoms with Crippen LogP contribution in [-0.2, 0) is 4.79 Å². The third-order valence-corrected chi connectivity index (χ3v) is 6.23. The number of carbonyl (C=O) groups is 1. The average molecular weight is 424 g/mol. The van der Waals surface area contributed by atoms with Crippen molar-refractivity contribution in [2.45, 2.75) is 13.0 Å². The first-order valence-corrected chi connectivity index (χ1v) is 11.0. The molecule has 0 radical (unpaired) electrons. The van der Waals surface area contributed by atoms with Crippen LogP contribution in [0.2, 0.25) is 0 Å². The summed E-state index contributed by atoms with van der Waals surface area (Å²) in [6.45, 7) is 1.92. The summed E-state index contributed by atoms with van der Waals surface area (Å²) in [4.78, 5) is 20.5. The Hall–Kier alpha value is -3.57. The Morgan fingerprint density at radius 1 is 0.903 bits per heavy atom. The summed E-state index contributed by atoms with van der Waals surface area (Å²) in [5, 5.41) is 6.07. The zero-order valence-corrected chi connectivity index (χ0v) is 17.8. The van der Waals surface area contributed by atoms with E-state index < -0.39 is 0 Å². The number of thioether (sulfide) groups is 1. The van der Waals surface area contributed by atoms with Crippen LogP contribution in [0.1, 0.15) is 24.1 Å². The van der Waals surface area contributed by atoms with Crippen molar-refractivity contribution in [3.63, 3.8) is 0 Å². The van der Waals surface area contributed by atoms with Crippen LogP contribution < -0.4 is 5.32 Å². The zero-order valence-electron chi connectivity index (χ0n) is 17.0. The SMILES string of the molecule is CC1=C(C(=O)Nc2ccccc2)[C@@H](c2ccccc2)N2C(c3ccccc3)=CSC2=N1. The molecule has 2 aliphatic rings. The van der Waals surface area contributed by atoms with Gasteiger partial charge in [0.25, 0.3) is 5.91 Å². The van der Waals surface area contributed by atoms with E-state index in [0.717, 1.165) is 33.4 Å². The number of carbonyl (C=O) groups excluding carboxylic acids is 1. The van der Waals surface area contributed by atoms with Crippen molar-refractivity contribution >= 4 is 34.2 Å². The largest absolute Gasteiger partial charge is 0.322 e. The Bertz CT molecular complexity index is 1200. The van der Waals surface area contributed by atoms with Gasteiger partial charge in [0.05, 0.1) is 23.0 Å². The maximum Gasteiger partial charge on any atom is 0.255 e. The summed E-state index contributed by atoms with van der Waals surface area (Å²) in [7, 11) is 0. The van der Waals surface area contributed by atoms with Crippen molar-refractivity contribution in [3.8, 4) is 0 Å². The minimum Gasteiger partial charge on any atom is -0.322 e. The van der Waals surface area contributed by atoms with Crippen molar-refractivity contribution in [2.75, 3.05) is 5.32 Å². The summed E-state index contributed by atoms with van der Waals surface area (Å²) in [5.74, 6) is -0.135. The number of nitrogens with one attached hydrogen (secondary N) is 1. The summed E-state index contributed by atoms with van der Waals surface area (Å²) < 4.78 is 0. The van der Waals surface area contributed by atoms with Crippen LogP contribution in [0.4, 0.5) is 5.69 Å². The molecule has 0 bridgehead atoms. The van der Waals surface area contributed by atoms with Crippen molar-refractivity contribution in [2.24, 2.45) is 4.99 Å². The smallest absolute Gasteiger partial charge is 0.255 e. The molecule has 0 saturated carbocycles. The molecule has 1 amide bonds. The quantitative estimate of drug-likeness (QED) is 0.555. The van der Waals surface area contributed by atoms with Gasteiger partial charge in [0.1, 0.15) is 0 Å². The molecule has 1 atom stereocenters. The second kappa shape index (κ2) is 8.28. The lowest BCUT2D eigenvalue weighted by molar-refractivity contribution is -0.113. The molecule has 0 saturated heterocycles. The minimum atomic E-state index is -0.265. The topological polar surface area (TPSA) is 44.7 Å². The van der Waals surface area contributed by atoms with Gasteiger partial charge in [-0.25, -0.2) is 4.99 Å². The molecule has 0 aliphatic carbocycles. The molecule has 2 aliphatic heterocycles. The third kappa shape index (κ3) is 3.68. The van der Waals surface area contributed by atoms with E-state index in [1.807, 2.05) is 73.7 Å². The number of benzene rings is 3. The summed E-state index contributed by atoms with van der Waals surface area (Å²) in [6.07, 6.45) is 0. The predicted octanol–water partition coefficient (Wildman–Crippen LogP) is 6.06. The predicted molar refractivity (Wildman–Crippen MR) is 128 cm³/mol. The van der Waals surface area contributed by atoms with Crippen LogP contribution in [0.15, 0.2) is 113 Å². The number of anilines is 1. The normalized spacial score (nSPS) is 17.7. The van der Waals surface area contributed by atoms with Gasteiger partial charge in [-0.2, -0.15) is 0 Å². The lowest BCUT2D eigenvalue weighted by Gasteiger charge is -2.36. The number of amidine groups is 1. The van der Waals surface area contributed by atoms with E-state index in [2.05, 4.69) is 39.9 Å². The summed E-state index contributed by atoms with van der Waals surface area (Å²) >= 11 is 1.60. The highest BCUT2D eigenvalue weighted by Gasteiger charge is 2.40. The molecule has 31 heavy (non-hydrogen) atoms. The van der Waals surface area contributed by atoms with Crippen molar-refractivity contribution in [3.05, 3.63) is 119 Å². The fourth-order valence-corrected chi connectivity index (χ4v) is 4.93. The molecule has 5 heteroatoms. The van der Waals surface area contributed by atoms with Gasteiger partial charge in [0, 0.05) is 11.1 Å². The standard InChI is InChI=1S/C26H21N3OS/c1-18-23(25(30)28-21-15-9-4-10-16-21)24(20-13-7-3-8-14-20)29-22(17-31-26(29)27-18)19-11-5-2-6-12-19/h2-17,24H,1H3,(H,28,30)/t24-/m1/s1. The molecule has 3 aromatic carbocycles. The molecule has 0 fully saturated rings. The first-order chi connectivity index (χ1) is 15.2. The Kier molecular flexibility index (Phi) is 5.18. The van der Waals surface area contributed by atoms with Crippen molar-refractivity contribution < 1.29 is 4.79 Å². The minimum absolute atomic E-state index is 0.135. The van der Waals surface area contributed by atoms with Crippen molar-refractivity contribution in [1.82, 2.24) is 4.90 Å². The molecule has 3 aromatic rings. The molecular weight excluding hydrogens is 402 g/mol. The van der Waals surface area contributed by atoms with E-state index >= 15 is 0 Å². The van der Waals surface area contributed by atoms with Gasteiger partial charge in [0.15, 0.2) is 5.17 Å². The van der Waals surface area contributed by atoms with Crippen LogP contribution in [-0.4, -0.2) is 16.0 Å². The number of nitrogens with zero attached hydrogens (tertiary/aromatic N) is 2. The maximum atomic E-state index is 13.5. The Morgan fingerprint density at radius 2 is 1.52 bits per heavy atom. The molecule has 2 heterocycles. The Balaban J connectivity index is 1.60. The second-order valence-electron chi connectivity index (χ2n) is 7.38. The lowest BCUT2D eigenvalue weighted by atomic mass is 9.92. The third-order valence-electron chi connectivity index (χ3n) is 5.39. The molecule has 0 spiro atoms. The van der Waals surface area contributed by atoms with E-state index in [0.29, 0.717) is 5.57 Å². The second-order valence-corrected chi connectivity index (χ2v) is 8.22. The van der Waals surface area contributed by atoms with Crippen LogP contribution in [0, 0.1) is 0 Å². The van der Waals surface area contributed by atoms with Gasteiger partial charge in [-0.15, -0.1) is 0 Å². The van der Waals surface area contributed by atoms with Crippen LogP contribution in [0.25, 0.3) is 5.70 Å². The fraction of sp³-hybridized carbons (Fsp3) is 0.0769. The van der Waals surface area contributed by atoms with E-state index in [1.54, 1.807) is 11.8 Å². The van der Waals surface area contributed by atoms with Crippen molar-refractivity contribution in [1.29, 1.82) is 0 Å². The highest BCUT2D eigenvalue weighted by molar-refractivity contribution is 8.16. The molecular formula is C26H21N3OS. The molecule has 1 N–H and O–H groups in total.